The molecule has 7 nitrogen and oxygen atoms in total. The first-order chi connectivity index (χ1) is 7.97. The quantitative estimate of drug-likeness (QED) is 0.333. The van der Waals surface area contributed by atoms with E-state index >= 15 is 0 Å². The van der Waals surface area contributed by atoms with Crippen LogP contribution in [0.25, 0.3) is 0 Å². The number of hydrogen-bond acceptors (Lipinski definition) is 6. The molecule has 7 heteroatoms. The van der Waals surface area contributed by atoms with Crippen molar-refractivity contribution in [2.45, 2.75) is 6.92 Å². The minimum atomic E-state index is -1.08. The number of nitrogens with zero attached hydrogens (tertiary/aromatic N) is 1. The number of rotatable bonds is 8. The number of aliphatic hydroxyl groups excluding tert-OH is 4. The van der Waals surface area contributed by atoms with Crippen LogP contribution in [0, 0.1) is 0 Å². The van der Waals surface area contributed by atoms with Gasteiger partial charge in [-0.1, -0.05) is 0 Å². The monoisotopic (exact) mass is 253 g/mol. The van der Waals surface area contributed by atoms with Crippen LogP contribution >= 0.6 is 0 Å². The highest BCUT2D eigenvalue weighted by molar-refractivity contribution is 5.60. The van der Waals surface area contributed by atoms with Crippen molar-refractivity contribution in [2.75, 3.05) is 52.6 Å². The number of carbonyl (C=O) groups excluding carboxylic acids is 1. The second-order valence-corrected chi connectivity index (χ2v) is 3.62. The first-order valence-electron chi connectivity index (χ1n) is 5.44. The Hall–Kier alpha value is -0.730. The van der Waals surface area contributed by atoms with Crippen LogP contribution in [0.2, 0.25) is 0 Å². The van der Waals surface area contributed by atoms with Gasteiger partial charge in [-0.3, -0.25) is 0 Å². The summed E-state index contributed by atoms with van der Waals surface area (Å²) in [5.74, 6) is -1.08. The van der Waals surface area contributed by atoms with Gasteiger partial charge in [0.15, 0.2) is 0 Å². The van der Waals surface area contributed by atoms with Crippen molar-refractivity contribution >= 4 is 5.97 Å². The van der Waals surface area contributed by atoms with Crippen LogP contribution in [0.1, 0.15) is 6.92 Å². The first-order valence-corrected chi connectivity index (χ1v) is 5.44. The van der Waals surface area contributed by atoms with E-state index in [1.807, 2.05) is 0 Å². The van der Waals surface area contributed by atoms with Gasteiger partial charge in [0, 0.05) is 5.97 Å². The predicted molar refractivity (Wildman–Crippen MR) is 58.8 cm³/mol. The van der Waals surface area contributed by atoms with Crippen molar-refractivity contribution in [3.05, 3.63) is 0 Å². The molecule has 0 heterocycles. The molecule has 104 valence electrons. The Morgan fingerprint density at radius 2 is 1.06 bits per heavy atom. The smallest absolute Gasteiger partial charge is 0.102 e. The molecule has 0 aromatic heterocycles. The molecule has 0 aromatic carbocycles. The fourth-order valence-corrected chi connectivity index (χ4v) is 1.52. The van der Waals surface area contributed by atoms with E-state index in [1.165, 1.54) is 0 Å². The molecule has 0 saturated carbocycles. The van der Waals surface area contributed by atoms with Crippen molar-refractivity contribution in [2.24, 2.45) is 0 Å². The third-order valence-electron chi connectivity index (χ3n) is 2.30. The largest absolute Gasteiger partial charge is 0.550 e. The van der Waals surface area contributed by atoms with Crippen molar-refractivity contribution in [1.82, 2.24) is 0 Å². The van der Waals surface area contributed by atoms with Gasteiger partial charge in [-0.25, -0.2) is 0 Å². The molecule has 0 aliphatic carbocycles. The lowest BCUT2D eigenvalue weighted by molar-refractivity contribution is -0.929. The SMILES string of the molecule is CC(=O)[O-].OCC[N+](CCO)(CCO)CCO. The lowest BCUT2D eigenvalue weighted by Gasteiger charge is -2.36. The van der Waals surface area contributed by atoms with E-state index in [4.69, 9.17) is 30.3 Å². The number of aliphatic hydroxyl groups is 4. The third kappa shape index (κ3) is 11.5. The molecule has 0 bridgehead atoms. The Balaban J connectivity index is 0. The molecule has 0 rings (SSSR count). The Morgan fingerprint density at radius 1 is 0.882 bits per heavy atom. The zero-order chi connectivity index (χ0) is 13.7. The molecule has 0 saturated heterocycles. The van der Waals surface area contributed by atoms with Crippen molar-refractivity contribution < 1.29 is 34.8 Å². The number of quaternary nitrogens is 1. The third-order valence-corrected chi connectivity index (χ3v) is 2.30. The molecule has 0 radical (unpaired) electrons. The lowest BCUT2D eigenvalue weighted by atomic mass is 10.3. The van der Waals surface area contributed by atoms with Crippen molar-refractivity contribution in [3.63, 3.8) is 0 Å². The Morgan fingerprint density at radius 3 is 1.18 bits per heavy atom. The Bertz CT molecular complexity index is 154. The maximum atomic E-state index is 8.89. The molecular formula is C10H23NO6. The summed E-state index contributed by atoms with van der Waals surface area (Å²) in [7, 11) is 0. The van der Waals surface area contributed by atoms with Crippen LogP contribution in [0.15, 0.2) is 0 Å². The highest BCUT2D eigenvalue weighted by Crippen LogP contribution is 2.04. The van der Waals surface area contributed by atoms with E-state index in [9.17, 15) is 0 Å². The lowest BCUT2D eigenvalue weighted by Crippen LogP contribution is -2.54. The summed E-state index contributed by atoms with van der Waals surface area (Å²) in [4.78, 5) is 8.89. The number of carboxylic acid groups (broad SMARTS) is 1. The number of aliphatic carboxylic acids is 1. The van der Waals surface area contributed by atoms with E-state index in [0.717, 1.165) is 6.92 Å². The first kappa shape index (κ1) is 18.6. The van der Waals surface area contributed by atoms with Crippen LogP contribution in [-0.2, 0) is 4.79 Å². The fourth-order valence-electron chi connectivity index (χ4n) is 1.52. The molecule has 0 spiro atoms. The second kappa shape index (κ2) is 11.7. The van der Waals surface area contributed by atoms with Gasteiger partial charge in [0.1, 0.15) is 26.2 Å². The van der Waals surface area contributed by atoms with E-state index in [0.29, 0.717) is 30.7 Å². The van der Waals surface area contributed by atoms with Gasteiger partial charge in [0.25, 0.3) is 0 Å². The van der Waals surface area contributed by atoms with Gasteiger partial charge >= 0.3 is 0 Å². The summed E-state index contributed by atoms with van der Waals surface area (Å²) < 4.78 is 0.375. The maximum Gasteiger partial charge on any atom is 0.102 e. The van der Waals surface area contributed by atoms with Gasteiger partial charge in [-0.05, 0) is 6.92 Å². The molecule has 0 amide bonds. The minimum Gasteiger partial charge on any atom is -0.550 e. The summed E-state index contributed by atoms with van der Waals surface area (Å²) in [6.45, 7) is 2.81. The van der Waals surface area contributed by atoms with Crippen LogP contribution in [0.5, 0.6) is 0 Å². The van der Waals surface area contributed by atoms with E-state index in [-0.39, 0.29) is 26.4 Å². The minimum absolute atomic E-state index is 0. The number of carbonyl (C=O) groups is 1. The fraction of sp³-hybridized carbons (Fsp3) is 0.900. The van der Waals surface area contributed by atoms with Crippen LogP contribution in [0.3, 0.4) is 0 Å². The van der Waals surface area contributed by atoms with Gasteiger partial charge in [0.05, 0.1) is 26.4 Å². The molecule has 0 aliphatic heterocycles. The molecule has 0 fully saturated rings. The van der Waals surface area contributed by atoms with Crippen molar-refractivity contribution in [3.8, 4) is 0 Å². The number of hydrogen-bond donors (Lipinski definition) is 4. The van der Waals surface area contributed by atoms with Crippen LogP contribution in [0.4, 0.5) is 0 Å². The standard InChI is InChI=1S/C8H20NO4.C2H4O2/c10-5-1-9(2-6-11,3-7-12)4-8-13;1-2(3)4/h10-13H,1-8H2;1H3,(H,3,4)/q+1;/p-1. The van der Waals surface area contributed by atoms with E-state index < -0.39 is 5.97 Å². The molecule has 0 atom stereocenters. The maximum absolute atomic E-state index is 8.89. The summed E-state index contributed by atoms with van der Waals surface area (Å²) >= 11 is 0. The predicted octanol–water partition coefficient (Wildman–Crippen LogP) is -3.47. The molecule has 0 aromatic rings. The van der Waals surface area contributed by atoms with Crippen LogP contribution < -0.4 is 5.11 Å². The highest BCUT2D eigenvalue weighted by atomic mass is 16.4. The zero-order valence-corrected chi connectivity index (χ0v) is 10.2. The molecule has 17 heavy (non-hydrogen) atoms. The summed E-state index contributed by atoms with van der Waals surface area (Å²) in [5, 5.41) is 44.2. The summed E-state index contributed by atoms with van der Waals surface area (Å²) in [5.41, 5.74) is 0. The van der Waals surface area contributed by atoms with E-state index in [2.05, 4.69) is 0 Å². The highest BCUT2D eigenvalue weighted by Gasteiger charge is 2.24. The average Bonchev–Trinajstić information content (AvgIpc) is 2.18. The molecule has 0 unspecified atom stereocenters. The van der Waals surface area contributed by atoms with Gasteiger partial charge in [-0.2, -0.15) is 0 Å². The average molecular weight is 253 g/mol. The Kier molecular flexibility index (Phi) is 12.9. The number of carboxylic acids is 1. The van der Waals surface area contributed by atoms with E-state index in [1.54, 1.807) is 0 Å². The second-order valence-electron chi connectivity index (χ2n) is 3.62. The summed E-state index contributed by atoms with van der Waals surface area (Å²) in [6, 6.07) is 0. The van der Waals surface area contributed by atoms with Gasteiger partial charge < -0.3 is 34.8 Å². The Labute approximate surface area is 101 Å². The van der Waals surface area contributed by atoms with Crippen LogP contribution in [-0.4, -0.2) is 83.5 Å². The van der Waals surface area contributed by atoms with Crippen molar-refractivity contribution in [1.29, 1.82) is 0 Å². The zero-order valence-electron chi connectivity index (χ0n) is 10.2. The van der Waals surface area contributed by atoms with Gasteiger partial charge in [-0.15, -0.1) is 0 Å². The molecular weight excluding hydrogens is 230 g/mol. The summed E-state index contributed by atoms with van der Waals surface area (Å²) in [6.07, 6.45) is 0. The normalized spacial score (nSPS) is 10.6. The van der Waals surface area contributed by atoms with Gasteiger partial charge in [0.2, 0.25) is 0 Å². The molecule has 0 aliphatic rings. The molecule has 4 N–H and O–H groups in total. The topological polar surface area (TPSA) is 121 Å².